The number of para-hydroxylation sites is 1. The Morgan fingerprint density at radius 3 is 2.57 bits per heavy atom. The van der Waals surface area contributed by atoms with Gasteiger partial charge in [0, 0.05) is 30.9 Å². The van der Waals surface area contributed by atoms with Gasteiger partial charge in [-0.05, 0) is 19.1 Å². The third kappa shape index (κ3) is 1.43. The van der Waals surface area contributed by atoms with Crippen molar-refractivity contribution in [3.05, 3.63) is 36.0 Å². The van der Waals surface area contributed by atoms with E-state index in [1.807, 2.05) is 19.1 Å². The fourth-order valence-electron chi connectivity index (χ4n) is 1.66. The summed E-state index contributed by atoms with van der Waals surface area (Å²) in [7, 11) is 4.11. The highest BCUT2D eigenvalue weighted by molar-refractivity contribution is 5.91. The Morgan fingerprint density at radius 1 is 1.14 bits per heavy atom. The molecular weight excluding hydrogens is 172 g/mol. The number of nitrogens with zero attached hydrogens (tertiary/aromatic N) is 2. The van der Waals surface area contributed by atoms with Crippen LogP contribution in [0.2, 0.25) is 0 Å². The van der Waals surface area contributed by atoms with Crippen LogP contribution in [0.15, 0.2) is 30.3 Å². The molecule has 0 aliphatic rings. The average Bonchev–Trinajstić information content (AvgIpc) is 2.16. The molecule has 0 amide bonds. The van der Waals surface area contributed by atoms with E-state index in [9.17, 15) is 0 Å². The van der Waals surface area contributed by atoms with Crippen molar-refractivity contribution < 1.29 is 0 Å². The standard InChI is InChI=1S/C12H14N2/c1-9-8-12(14(2)3)10-6-4-5-7-11(10)13-9/h4-8H,1-3H3. The largest absolute Gasteiger partial charge is 0.377 e. The summed E-state index contributed by atoms with van der Waals surface area (Å²) in [6.07, 6.45) is 0. The van der Waals surface area contributed by atoms with Gasteiger partial charge in [0.15, 0.2) is 0 Å². The fraction of sp³-hybridized carbons (Fsp3) is 0.250. The van der Waals surface area contributed by atoms with Gasteiger partial charge >= 0.3 is 0 Å². The zero-order chi connectivity index (χ0) is 10.1. The molecule has 0 unspecified atom stereocenters. The summed E-state index contributed by atoms with van der Waals surface area (Å²) >= 11 is 0. The van der Waals surface area contributed by atoms with E-state index in [4.69, 9.17) is 0 Å². The van der Waals surface area contributed by atoms with Gasteiger partial charge in [-0.25, -0.2) is 0 Å². The summed E-state index contributed by atoms with van der Waals surface area (Å²) in [4.78, 5) is 6.61. The van der Waals surface area contributed by atoms with E-state index < -0.39 is 0 Å². The second-order valence-electron chi connectivity index (χ2n) is 3.69. The van der Waals surface area contributed by atoms with Crippen LogP contribution >= 0.6 is 0 Å². The first-order valence-corrected chi connectivity index (χ1v) is 4.72. The van der Waals surface area contributed by atoms with Gasteiger partial charge in [-0.3, -0.25) is 4.98 Å². The van der Waals surface area contributed by atoms with Crippen molar-refractivity contribution >= 4 is 16.6 Å². The quantitative estimate of drug-likeness (QED) is 0.680. The van der Waals surface area contributed by atoms with Crippen molar-refractivity contribution in [2.45, 2.75) is 6.92 Å². The van der Waals surface area contributed by atoms with Gasteiger partial charge < -0.3 is 4.90 Å². The molecule has 0 N–H and O–H groups in total. The minimum atomic E-state index is 1.06. The van der Waals surface area contributed by atoms with E-state index in [0.29, 0.717) is 0 Å². The zero-order valence-electron chi connectivity index (χ0n) is 8.78. The topological polar surface area (TPSA) is 16.1 Å². The molecule has 2 rings (SSSR count). The molecule has 0 radical (unpaired) electrons. The minimum Gasteiger partial charge on any atom is -0.377 e. The molecule has 1 aromatic heterocycles. The van der Waals surface area contributed by atoms with E-state index in [-0.39, 0.29) is 0 Å². The molecule has 0 saturated carbocycles. The highest BCUT2D eigenvalue weighted by atomic mass is 15.1. The molecule has 72 valence electrons. The first kappa shape index (κ1) is 9.00. The van der Waals surface area contributed by atoms with Crippen LogP contribution in [0.25, 0.3) is 10.9 Å². The average molecular weight is 186 g/mol. The predicted molar refractivity (Wildman–Crippen MR) is 60.8 cm³/mol. The molecule has 0 fully saturated rings. The second-order valence-corrected chi connectivity index (χ2v) is 3.69. The molecule has 14 heavy (non-hydrogen) atoms. The summed E-state index contributed by atoms with van der Waals surface area (Å²) < 4.78 is 0. The van der Waals surface area contributed by atoms with Crippen molar-refractivity contribution in [3.8, 4) is 0 Å². The number of pyridine rings is 1. The maximum Gasteiger partial charge on any atom is 0.0726 e. The lowest BCUT2D eigenvalue weighted by Crippen LogP contribution is -2.09. The smallest absolute Gasteiger partial charge is 0.0726 e. The van der Waals surface area contributed by atoms with Gasteiger partial charge in [0.05, 0.1) is 5.52 Å². The monoisotopic (exact) mass is 186 g/mol. The molecular formula is C12H14N2. The fourth-order valence-corrected chi connectivity index (χ4v) is 1.66. The Balaban J connectivity index is 2.80. The number of hydrogen-bond acceptors (Lipinski definition) is 2. The Labute approximate surface area is 84.2 Å². The van der Waals surface area contributed by atoms with Gasteiger partial charge in [0.1, 0.15) is 0 Å². The van der Waals surface area contributed by atoms with Crippen LogP contribution in [0.3, 0.4) is 0 Å². The lowest BCUT2D eigenvalue weighted by Gasteiger charge is -2.15. The number of fused-ring (bicyclic) bond motifs is 1. The molecule has 0 spiro atoms. The van der Waals surface area contributed by atoms with E-state index in [0.717, 1.165) is 11.2 Å². The van der Waals surface area contributed by atoms with Gasteiger partial charge in [0.25, 0.3) is 0 Å². The lowest BCUT2D eigenvalue weighted by molar-refractivity contribution is 1.12. The Hall–Kier alpha value is -1.57. The Kier molecular flexibility index (Phi) is 2.12. The van der Waals surface area contributed by atoms with Gasteiger partial charge in [-0.2, -0.15) is 0 Å². The normalized spacial score (nSPS) is 10.5. The molecule has 0 atom stereocenters. The highest BCUT2D eigenvalue weighted by Crippen LogP contribution is 2.24. The highest BCUT2D eigenvalue weighted by Gasteiger charge is 2.03. The van der Waals surface area contributed by atoms with E-state index in [1.165, 1.54) is 11.1 Å². The van der Waals surface area contributed by atoms with Crippen molar-refractivity contribution in [2.24, 2.45) is 0 Å². The molecule has 2 heteroatoms. The van der Waals surface area contributed by atoms with E-state index >= 15 is 0 Å². The summed E-state index contributed by atoms with van der Waals surface area (Å²) in [5, 5.41) is 1.21. The molecule has 0 aliphatic heterocycles. The molecule has 0 bridgehead atoms. The third-order valence-corrected chi connectivity index (χ3v) is 2.30. The predicted octanol–water partition coefficient (Wildman–Crippen LogP) is 2.61. The summed E-state index contributed by atoms with van der Waals surface area (Å²) in [5.41, 5.74) is 3.36. The molecule has 0 aliphatic carbocycles. The van der Waals surface area contributed by atoms with Crippen molar-refractivity contribution in [2.75, 3.05) is 19.0 Å². The SMILES string of the molecule is Cc1cc(N(C)C)c2ccccc2n1. The second kappa shape index (κ2) is 3.29. The molecule has 1 aromatic carbocycles. The van der Waals surface area contributed by atoms with Crippen molar-refractivity contribution in [1.29, 1.82) is 0 Å². The summed E-state index contributed by atoms with van der Waals surface area (Å²) in [6.45, 7) is 2.03. The van der Waals surface area contributed by atoms with Crippen molar-refractivity contribution in [1.82, 2.24) is 4.98 Å². The number of hydrogen-bond donors (Lipinski definition) is 0. The number of benzene rings is 1. The van der Waals surface area contributed by atoms with Crippen LogP contribution in [0, 0.1) is 6.92 Å². The van der Waals surface area contributed by atoms with E-state index in [2.05, 4.69) is 42.2 Å². The van der Waals surface area contributed by atoms with Crippen LogP contribution in [0.4, 0.5) is 5.69 Å². The first-order valence-electron chi connectivity index (χ1n) is 4.72. The molecule has 1 heterocycles. The number of anilines is 1. The summed E-state index contributed by atoms with van der Waals surface area (Å²) in [6, 6.07) is 10.3. The van der Waals surface area contributed by atoms with Crippen LogP contribution in [-0.4, -0.2) is 19.1 Å². The number of rotatable bonds is 1. The van der Waals surface area contributed by atoms with Crippen LogP contribution in [0.1, 0.15) is 5.69 Å². The molecule has 2 nitrogen and oxygen atoms in total. The number of aromatic nitrogens is 1. The van der Waals surface area contributed by atoms with E-state index in [1.54, 1.807) is 0 Å². The van der Waals surface area contributed by atoms with Crippen molar-refractivity contribution in [3.63, 3.8) is 0 Å². The van der Waals surface area contributed by atoms with Crippen LogP contribution in [0.5, 0.6) is 0 Å². The van der Waals surface area contributed by atoms with Crippen LogP contribution < -0.4 is 4.90 Å². The maximum atomic E-state index is 4.49. The summed E-state index contributed by atoms with van der Waals surface area (Å²) in [5.74, 6) is 0. The zero-order valence-corrected chi connectivity index (χ0v) is 8.78. The number of aryl methyl sites for hydroxylation is 1. The lowest BCUT2D eigenvalue weighted by atomic mass is 10.1. The van der Waals surface area contributed by atoms with Gasteiger partial charge in [-0.1, -0.05) is 18.2 Å². The minimum absolute atomic E-state index is 1.06. The Morgan fingerprint density at radius 2 is 1.86 bits per heavy atom. The van der Waals surface area contributed by atoms with Crippen LogP contribution in [-0.2, 0) is 0 Å². The Bertz CT molecular complexity index is 461. The first-order chi connectivity index (χ1) is 6.68. The third-order valence-electron chi connectivity index (χ3n) is 2.30. The van der Waals surface area contributed by atoms with Gasteiger partial charge in [0.2, 0.25) is 0 Å². The molecule has 0 saturated heterocycles. The molecule has 2 aromatic rings. The maximum absolute atomic E-state index is 4.49. The van der Waals surface area contributed by atoms with Gasteiger partial charge in [-0.15, -0.1) is 0 Å².